The van der Waals surface area contributed by atoms with E-state index in [4.69, 9.17) is 0 Å². The monoisotopic (exact) mass is 385 g/mol. The van der Waals surface area contributed by atoms with Crippen LogP contribution in [0.5, 0.6) is 0 Å². The highest BCUT2D eigenvalue weighted by Crippen LogP contribution is 2.29. The molecule has 0 aliphatic heterocycles. The fourth-order valence-corrected chi connectivity index (χ4v) is 4.27. The third-order valence-electron chi connectivity index (χ3n) is 3.62. The van der Waals surface area contributed by atoms with Gasteiger partial charge in [-0.3, -0.25) is 19.3 Å². The van der Waals surface area contributed by atoms with Gasteiger partial charge in [0.1, 0.15) is 5.69 Å². The molecule has 1 amide bonds. The molecule has 0 saturated carbocycles. The number of nitro benzene ring substituents is 1. The highest BCUT2D eigenvalue weighted by Gasteiger charge is 2.17. The van der Waals surface area contributed by atoms with E-state index in [1.807, 2.05) is 28.7 Å². The van der Waals surface area contributed by atoms with Crippen LogP contribution in [-0.4, -0.2) is 31.2 Å². The standard InChI is InChI=1S/C16H11N5O3S2/c22-14(17-10-5-1-2-6-11(10)21(23)24)9-25-15-18-19-16-20(15)12-7-3-4-8-13(12)26-16/h1-8H,9H2,(H,17,22). The van der Waals surface area contributed by atoms with E-state index in [-0.39, 0.29) is 23.0 Å². The maximum Gasteiger partial charge on any atom is 0.292 e. The van der Waals surface area contributed by atoms with Gasteiger partial charge >= 0.3 is 0 Å². The van der Waals surface area contributed by atoms with Crippen molar-refractivity contribution in [2.24, 2.45) is 0 Å². The highest BCUT2D eigenvalue weighted by atomic mass is 32.2. The topological polar surface area (TPSA) is 102 Å². The molecule has 0 radical (unpaired) electrons. The van der Waals surface area contributed by atoms with Crippen molar-refractivity contribution in [3.63, 3.8) is 0 Å². The minimum Gasteiger partial charge on any atom is -0.320 e. The summed E-state index contributed by atoms with van der Waals surface area (Å²) in [5, 5.41) is 22.5. The van der Waals surface area contributed by atoms with Crippen LogP contribution < -0.4 is 5.32 Å². The molecular formula is C16H11N5O3S2. The minimum atomic E-state index is -0.525. The van der Waals surface area contributed by atoms with Crippen molar-refractivity contribution in [1.29, 1.82) is 0 Å². The van der Waals surface area contributed by atoms with Gasteiger partial charge in [-0.05, 0) is 18.2 Å². The van der Waals surface area contributed by atoms with Crippen molar-refractivity contribution in [3.05, 3.63) is 58.6 Å². The Labute approximate surface area is 155 Å². The molecule has 2 aromatic heterocycles. The summed E-state index contributed by atoms with van der Waals surface area (Å²) in [5.74, 6) is -0.280. The van der Waals surface area contributed by atoms with E-state index in [2.05, 4.69) is 15.5 Å². The number of nitro groups is 1. The molecule has 4 aromatic rings. The average Bonchev–Trinajstić information content (AvgIpc) is 3.19. The Morgan fingerprint density at radius 2 is 1.96 bits per heavy atom. The van der Waals surface area contributed by atoms with Gasteiger partial charge in [0.2, 0.25) is 10.9 Å². The van der Waals surface area contributed by atoms with Crippen LogP contribution in [0, 0.1) is 10.1 Å². The molecule has 4 rings (SSSR count). The molecule has 0 atom stereocenters. The van der Waals surface area contributed by atoms with E-state index in [0.29, 0.717) is 5.16 Å². The maximum absolute atomic E-state index is 12.2. The number of nitrogens with zero attached hydrogens (tertiary/aromatic N) is 4. The van der Waals surface area contributed by atoms with Gasteiger partial charge in [0, 0.05) is 6.07 Å². The Morgan fingerprint density at radius 1 is 1.19 bits per heavy atom. The van der Waals surface area contributed by atoms with Crippen LogP contribution in [0.1, 0.15) is 0 Å². The van der Waals surface area contributed by atoms with Gasteiger partial charge in [0.25, 0.3) is 5.69 Å². The van der Waals surface area contributed by atoms with Gasteiger partial charge in [-0.2, -0.15) is 0 Å². The van der Waals surface area contributed by atoms with Crippen LogP contribution in [0.4, 0.5) is 11.4 Å². The second-order valence-corrected chi connectivity index (χ2v) is 7.23. The third-order valence-corrected chi connectivity index (χ3v) is 5.56. The lowest BCUT2D eigenvalue weighted by Crippen LogP contribution is -2.15. The van der Waals surface area contributed by atoms with Gasteiger partial charge in [-0.1, -0.05) is 47.4 Å². The summed E-state index contributed by atoms with van der Waals surface area (Å²) in [6, 6.07) is 13.9. The molecule has 0 aliphatic rings. The number of aromatic nitrogens is 3. The number of thiazole rings is 1. The van der Waals surface area contributed by atoms with Crippen LogP contribution in [0.15, 0.2) is 53.7 Å². The first-order valence-electron chi connectivity index (χ1n) is 7.52. The number of para-hydroxylation sites is 3. The molecule has 26 heavy (non-hydrogen) atoms. The zero-order chi connectivity index (χ0) is 18.1. The fraction of sp³-hybridized carbons (Fsp3) is 0.0625. The van der Waals surface area contributed by atoms with Crippen LogP contribution in [-0.2, 0) is 4.79 Å². The normalized spacial score (nSPS) is 11.1. The number of thioether (sulfide) groups is 1. The summed E-state index contributed by atoms with van der Waals surface area (Å²) in [6.07, 6.45) is 0. The molecule has 0 spiro atoms. The number of fused-ring (bicyclic) bond motifs is 3. The third kappa shape index (κ3) is 3.00. The van der Waals surface area contributed by atoms with Gasteiger partial charge in [0.05, 0.1) is 20.9 Å². The second-order valence-electron chi connectivity index (χ2n) is 5.28. The molecule has 2 heterocycles. The molecule has 2 aromatic carbocycles. The Bertz CT molecular complexity index is 1140. The molecule has 0 unspecified atom stereocenters. The van der Waals surface area contributed by atoms with Crippen LogP contribution in [0.25, 0.3) is 15.2 Å². The number of nitrogens with one attached hydrogen (secondary N) is 1. The molecule has 8 nitrogen and oxygen atoms in total. The zero-order valence-electron chi connectivity index (χ0n) is 13.2. The molecule has 130 valence electrons. The number of hydrogen-bond acceptors (Lipinski definition) is 7. The molecule has 1 N–H and O–H groups in total. The van der Waals surface area contributed by atoms with Crippen molar-refractivity contribution in [1.82, 2.24) is 14.6 Å². The number of anilines is 1. The van der Waals surface area contributed by atoms with E-state index >= 15 is 0 Å². The summed E-state index contributed by atoms with van der Waals surface area (Å²) in [7, 11) is 0. The Hall–Kier alpha value is -2.98. The van der Waals surface area contributed by atoms with Crippen LogP contribution in [0.3, 0.4) is 0 Å². The number of benzene rings is 2. The van der Waals surface area contributed by atoms with Gasteiger partial charge in [-0.15, -0.1) is 10.2 Å². The van der Waals surface area contributed by atoms with Gasteiger partial charge < -0.3 is 5.32 Å². The zero-order valence-corrected chi connectivity index (χ0v) is 14.8. The largest absolute Gasteiger partial charge is 0.320 e. The molecular weight excluding hydrogens is 374 g/mol. The van der Waals surface area contributed by atoms with Crippen LogP contribution in [0.2, 0.25) is 0 Å². The van der Waals surface area contributed by atoms with Gasteiger partial charge in [-0.25, -0.2) is 0 Å². The lowest BCUT2D eigenvalue weighted by Gasteiger charge is -2.05. The Balaban J connectivity index is 1.52. The minimum absolute atomic E-state index is 0.0665. The van der Waals surface area contributed by atoms with Crippen molar-refractivity contribution in [2.45, 2.75) is 5.16 Å². The lowest BCUT2D eigenvalue weighted by atomic mass is 10.2. The van der Waals surface area contributed by atoms with Crippen molar-refractivity contribution in [2.75, 3.05) is 11.1 Å². The van der Waals surface area contributed by atoms with E-state index in [1.54, 1.807) is 12.1 Å². The lowest BCUT2D eigenvalue weighted by molar-refractivity contribution is -0.383. The molecule has 0 saturated heterocycles. The molecule has 0 bridgehead atoms. The molecule has 0 aliphatic carbocycles. The summed E-state index contributed by atoms with van der Waals surface area (Å²) >= 11 is 2.76. The van der Waals surface area contributed by atoms with E-state index < -0.39 is 4.92 Å². The van der Waals surface area contributed by atoms with Crippen molar-refractivity contribution < 1.29 is 9.72 Å². The first kappa shape index (κ1) is 16.5. The number of carbonyl (C=O) groups is 1. The quantitative estimate of drug-likeness (QED) is 0.320. The number of rotatable bonds is 5. The summed E-state index contributed by atoms with van der Waals surface area (Å²) in [4.78, 5) is 23.5. The number of hydrogen-bond donors (Lipinski definition) is 1. The van der Waals surface area contributed by atoms with E-state index in [1.165, 1.54) is 35.2 Å². The predicted molar refractivity (Wildman–Crippen MR) is 101 cm³/mol. The van der Waals surface area contributed by atoms with Crippen LogP contribution >= 0.6 is 23.1 Å². The summed E-state index contributed by atoms with van der Waals surface area (Å²) in [6.45, 7) is 0. The highest BCUT2D eigenvalue weighted by molar-refractivity contribution is 7.99. The Kier molecular flexibility index (Phi) is 4.27. The summed E-state index contributed by atoms with van der Waals surface area (Å²) in [5.41, 5.74) is 1.02. The maximum atomic E-state index is 12.2. The smallest absolute Gasteiger partial charge is 0.292 e. The number of amides is 1. The van der Waals surface area contributed by atoms with Gasteiger partial charge in [0.15, 0.2) is 5.16 Å². The van der Waals surface area contributed by atoms with E-state index in [9.17, 15) is 14.9 Å². The average molecular weight is 385 g/mol. The Morgan fingerprint density at radius 3 is 2.81 bits per heavy atom. The first-order valence-corrected chi connectivity index (χ1v) is 9.32. The van der Waals surface area contributed by atoms with Crippen molar-refractivity contribution in [3.8, 4) is 0 Å². The first-order chi connectivity index (χ1) is 12.6. The second kappa shape index (κ2) is 6.73. The molecule has 10 heteroatoms. The SMILES string of the molecule is O=C(CSc1nnc2sc3ccccc3n12)Nc1ccccc1[N+](=O)[O-]. The number of carbonyl (C=O) groups excluding carboxylic acids is 1. The van der Waals surface area contributed by atoms with Crippen molar-refractivity contribution >= 4 is 55.6 Å². The van der Waals surface area contributed by atoms with E-state index in [0.717, 1.165) is 15.2 Å². The summed E-state index contributed by atoms with van der Waals surface area (Å²) < 4.78 is 2.99. The fourth-order valence-electron chi connectivity index (χ4n) is 2.50. The molecule has 0 fully saturated rings. The predicted octanol–water partition coefficient (Wildman–Crippen LogP) is 3.58.